The fourth-order valence-electron chi connectivity index (χ4n) is 1.81. The Bertz CT molecular complexity index is 560. The van der Waals surface area contributed by atoms with E-state index in [-0.39, 0.29) is 12.0 Å². The first-order chi connectivity index (χ1) is 9.69. The number of nitrogens with zero attached hydrogens (tertiary/aromatic N) is 1. The lowest BCUT2D eigenvalue weighted by Crippen LogP contribution is -2.23. The van der Waals surface area contributed by atoms with E-state index in [1.165, 1.54) is 7.11 Å². The van der Waals surface area contributed by atoms with Crippen molar-refractivity contribution in [3.05, 3.63) is 50.9 Å². The number of esters is 1. The lowest BCUT2D eigenvalue weighted by Gasteiger charge is -2.16. The molecule has 0 radical (unpaired) electrons. The highest BCUT2D eigenvalue weighted by atomic mass is 79.9. The Hall–Kier alpha value is -1.24. The minimum atomic E-state index is -0.219. The first kappa shape index (κ1) is 15.2. The molecule has 0 aliphatic carbocycles. The van der Waals surface area contributed by atoms with Crippen molar-refractivity contribution >= 4 is 33.2 Å². The van der Waals surface area contributed by atoms with Gasteiger partial charge in [-0.1, -0.05) is 6.07 Å². The molecule has 0 aliphatic rings. The van der Waals surface area contributed by atoms with Crippen molar-refractivity contribution in [2.24, 2.45) is 0 Å². The molecule has 1 atom stereocenters. The monoisotopic (exact) mass is 354 g/mol. The van der Waals surface area contributed by atoms with Crippen LogP contribution in [0.25, 0.3) is 0 Å². The van der Waals surface area contributed by atoms with E-state index < -0.39 is 0 Å². The molecule has 6 heteroatoms. The lowest BCUT2D eigenvalue weighted by atomic mass is 10.1. The molecule has 0 fully saturated rings. The molecular formula is C14H15BrN2O2S. The first-order valence-corrected chi connectivity index (χ1v) is 7.79. The number of thiophene rings is 1. The zero-order valence-electron chi connectivity index (χ0n) is 11.0. The fraction of sp³-hybridized carbons (Fsp3) is 0.286. The number of ether oxygens (including phenoxy) is 1. The average molecular weight is 355 g/mol. The second-order valence-corrected chi connectivity index (χ2v) is 6.14. The van der Waals surface area contributed by atoms with Gasteiger partial charge in [0.1, 0.15) is 0 Å². The Morgan fingerprint density at radius 3 is 3.05 bits per heavy atom. The number of methoxy groups -OCH3 is 1. The van der Waals surface area contributed by atoms with Crippen LogP contribution in [0.1, 0.15) is 22.9 Å². The molecule has 0 aliphatic heterocycles. The Labute approximate surface area is 130 Å². The summed E-state index contributed by atoms with van der Waals surface area (Å²) in [6, 6.07) is 5.96. The second-order valence-electron chi connectivity index (χ2n) is 4.24. The van der Waals surface area contributed by atoms with Gasteiger partial charge in [-0.25, -0.2) is 0 Å². The van der Waals surface area contributed by atoms with Crippen molar-refractivity contribution in [3.63, 3.8) is 0 Å². The summed E-state index contributed by atoms with van der Waals surface area (Å²) in [5.74, 6) is -0.219. The predicted octanol–water partition coefficient (Wildman–Crippen LogP) is 3.30. The van der Waals surface area contributed by atoms with Gasteiger partial charge in [-0.05, 0) is 39.0 Å². The number of aromatic nitrogens is 1. The van der Waals surface area contributed by atoms with E-state index in [0.717, 1.165) is 14.9 Å². The van der Waals surface area contributed by atoms with E-state index in [4.69, 9.17) is 4.74 Å². The molecule has 1 unspecified atom stereocenters. The van der Waals surface area contributed by atoms with Crippen LogP contribution in [-0.2, 0) is 16.1 Å². The van der Waals surface area contributed by atoms with Crippen molar-refractivity contribution in [1.29, 1.82) is 0 Å². The van der Waals surface area contributed by atoms with Crippen LogP contribution >= 0.6 is 27.3 Å². The zero-order valence-corrected chi connectivity index (χ0v) is 13.4. The third-order valence-electron chi connectivity index (χ3n) is 2.80. The van der Waals surface area contributed by atoms with Gasteiger partial charge < -0.3 is 10.1 Å². The molecule has 0 aromatic carbocycles. The summed E-state index contributed by atoms with van der Waals surface area (Å²) in [5, 5.41) is 5.38. The Morgan fingerprint density at radius 2 is 2.40 bits per heavy atom. The van der Waals surface area contributed by atoms with Crippen LogP contribution in [0, 0.1) is 0 Å². The van der Waals surface area contributed by atoms with Gasteiger partial charge in [0.25, 0.3) is 0 Å². The number of carbonyl (C=O) groups is 1. The van der Waals surface area contributed by atoms with Gasteiger partial charge in [-0.15, -0.1) is 11.3 Å². The van der Waals surface area contributed by atoms with Gasteiger partial charge in [-0.3, -0.25) is 9.78 Å². The van der Waals surface area contributed by atoms with Crippen molar-refractivity contribution in [1.82, 2.24) is 10.3 Å². The normalized spacial score (nSPS) is 12.1. The van der Waals surface area contributed by atoms with Crippen molar-refractivity contribution < 1.29 is 9.53 Å². The second kappa shape index (κ2) is 7.52. The summed E-state index contributed by atoms with van der Waals surface area (Å²) in [7, 11) is 1.41. The summed E-state index contributed by atoms with van der Waals surface area (Å²) in [6.45, 7) is 0.645. The highest BCUT2D eigenvalue weighted by molar-refractivity contribution is 9.10. The molecule has 2 aromatic heterocycles. The molecule has 4 nitrogen and oxygen atoms in total. The van der Waals surface area contributed by atoms with E-state index in [2.05, 4.69) is 26.2 Å². The van der Waals surface area contributed by atoms with Crippen molar-refractivity contribution in [2.75, 3.05) is 7.11 Å². The lowest BCUT2D eigenvalue weighted by molar-refractivity contribution is -0.141. The van der Waals surface area contributed by atoms with Crippen molar-refractivity contribution in [3.8, 4) is 0 Å². The number of hydrogen-bond acceptors (Lipinski definition) is 5. The maximum atomic E-state index is 11.5. The van der Waals surface area contributed by atoms with Crippen LogP contribution in [0.5, 0.6) is 0 Å². The van der Waals surface area contributed by atoms with Gasteiger partial charge in [0.15, 0.2) is 0 Å². The number of rotatable bonds is 6. The highest BCUT2D eigenvalue weighted by Crippen LogP contribution is 2.23. The van der Waals surface area contributed by atoms with Gasteiger partial charge in [0.05, 0.1) is 19.6 Å². The van der Waals surface area contributed by atoms with Crippen molar-refractivity contribution in [2.45, 2.75) is 19.0 Å². The van der Waals surface area contributed by atoms with Crippen LogP contribution in [0.15, 0.2) is 40.4 Å². The Balaban J connectivity index is 2.02. The van der Waals surface area contributed by atoms with E-state index in [9.17, 15) is 4.79 Å². The Morgan fingerprint density at radius 1 is 1.55 bits per heavy atom. The molecule has 2 heterocycles. The van der Waals surface area contributed by atoms with Gasteiger partial charge in [0, 0.05) is 28.3 Å². The molecule has 0 amide bonds. The third-order valence-corrected chi connectivity index (χ3v) is 4.22. The maximum absolute atomic E-state index is 11.5. The average Bonchev–Trinajstić information content (AvgIpc) is 2.97. The van der Waals surface area contributed by atoms with Crippen LogP contribution in [-0.4, -0.2) is 18.1 Å². The SMILES string of the molecule is COC(=O)CC(NCc1cncc(Br)c1)c1cccs1. The summed E-state index contributed by atoms with van der Waals surface area (Å²) in [5.41, 5.74) is 1.06. The molecule has 0 bridgehead atoms. The minimum absolute atomic E-state index is 0.0403. The third kappa shape index (κ3) is 4.40. The van der Waals surface area contributed by atoms with Crippen LogP contribution in [0.3, 0.4) is 0 Å². The van der Waals surface area contributed by atoms with E-state index in [1.807, 2.05) is 23.6 Å². The topological polar surface area (TPSA) is 51.2 Å². The molecule has 1 N–H and O–H groups in total. The maximum Gasteiger partial charge on any atom is 0.307 e. The molecule has 106 valence electrons. The Kier molecular flexibility index (Phi) is 5.70. The number of halogens is 1. The highest BCUT2D eigenvalue weighted by Gasteiger charge is 2.17. The predicted molar refractivity (Wildman–Crippen MR) is 82.5 cm³/mol. The smallest absolute Gasteiger partial charge is 0.307 e. The number of nitrogens with one attached hydrogen (secondary N) is 1. The number of pyridine rings is 1. The van der Waals surface area contributed by atoms with E-state index in [1.54, 1.807) is 23.7 Å². The molecular weight excluding hydrogens is 340 g/mol. The first-order valence-electron chi connectivity index (χ1n) is 6.12. The van der Waals surface area contributed by atoms with Gasteiger partial charge in [-0.2, -0.15) is 0 Å². The number of hydrogen-bond donors (Lipinski definition) is 1. The largest absolute Gasteiger partial charge is 0.469 e. The summed E-state index contributed by atoms with van der Waals surface area (Å²) in [6.07, 6.45) is 3.87. The molecule has 2 rings (SSSR count). The van der Waals surface area contributed by atoms with Crippen LogP contribution in [0.2, 0.25) is 0 Å². The molecule has 20 heavy (non-hydrogen) atoms. The van der Waals surface area contributed by atoms with Gasteiger partial charge in [0.2, 0.25) is 0 Å². The molecule has 2 aromatic rings. The summed E-state index contributed by atoms with van der Waals surface area (Å²) < 4.78 is 5.70. The van der Waals surface area contributed by atoms with Gasteiger partial charge >= 0.3 is 5.97 Å². The van der Waals surface area contributed by atoms with E-state index >= 15 is 0 Å². The van der Waals surface area contributed by atoms with Crippen LogP contribution < -0.4 is 5.32 Å². The number of carbonyl (C=O) groups excluding carboxylic acids is 1. The minimum Gasteiger partial charge on any atom is -0.469 e. The zero-order chi connectivity index (χ0) is 14.4. The molecule has 0 saturated heterocycles. The van der Waals surface area contributed by atoms with E-state index in [0.29, 0.717) is 13.0 Å². The van der Waals surface area contributed by atoms with Crippen LogP contribution in [0.4, 0.5) is 0 Å². The standard InChI is InChI=1S/C14H15BrN2O2S/c1-19-14(18)6-12(13-3-2-4-20-13)17-8-10-5-11(15)9-16-7-10/h2-5,7,9,12,17H,6,8H2,1H3. The molecule has 0 saturated carbocycles. The fourth-order valence-corrected chi connectivity index (χ4v) is 3.02. The molecule has 0 spiro atoms. The quantitative estimate of drug-likeness (QED) is 0.808. The summed E-state index contributed by atoms with van der Waals surface area (Å²) >= 11 is 5.02. The summed E-state index contributed by atoms with van der Waals surface area (Å²) in [4.78, 5) is 16.8.